The number of carbonyl (C=O) groups is 2. The zero-order chi connectivity index (χ0) is 24.1. The van der Waals surface area contributed by atoms with E-state index < -0.39 is 23.5 Å². The predicted octanol–water partition coefficient (Wildman–Crippen LogP) is 6.28. The zero-order valence-corrected chi connectivity index (χ0v) is 21.1. The van der Waals surface area contributed by atoms with Gasteiger partial charge in [0.05, 0.1) is 21.8 Å². The van der Waals surface area contributed by atoms with Gasteiger partial charge in [-0.1, -0.05) is 29.5 Å². The van der Waals surface area contributed by atoms with Crippen LogP contribution in [0.2, 0.25) is 0 Å². The molecule has 2 heterocycles. The number of anilines is 1. The molecule has 1 aliphatic heterocycles. The second-order valence-electron chi connectivity index (χ2n) is 8.15. The molecule has 5 nitrogen and oxygen atoms in total. The summed E-state index contributed by atoms with van der Waals surface area (Å²) in [5.41, 5.74) is 3.69. The van der Waals surface area contributed by atoms with Crippen LogP contribution in [0.4, 0.5) is 9.52 Å². The van der Waals surface area contributed by atoms with E-state index in [0.29, 0.717) is 10.7 Å². The molecule has 1 saturated heterocycles. The van der Waals surface area contributed by atoms with E-state index >= 15 is 0 Å². The van der Waals surface area contributed by atoms with Gasteiger partial charge in [-0.05, 0) is 95.6 Å². The average Bonchev–Trinajstić information content (AvgIpc) is 3.33. The van der Waals surface area contributed by atoms with Crippen molar-refractivity contribution < 1.29 is 19.1 Å². The first-order valence-electron chi connectivity index (χ1n) is 10.4. The number of Topliss-reactive ketones (excluding diaryl/α,β-unsaturated/α-hetero) is 1. The van der Waals surface area contributed by atoms with Gasteiger partial charge in [0, 0.05) is 9.13 Å². The van der Waals surface area contributed by atoms with Gasteiger partial charge in [-0.3, -0.25) is 14.5 Å². The number of fused-ring (bicyclic) bond motifs is 1. The van der Waals surface area contributed by atoms with Crippen molar-refractivity contribution in [2.24, 2.45) is 0 Å². The quantitative estimate of drug-likeness (QED) is 0.133. The lowest BCUT2D eigenvalue weighted by Gasteiger charge is -2.23. The molecule has 170 valence electrons. The van der Waals surface area contributed by atoms with Gasteiger partial charge in [-0.25, -0.2) is 9.37 Å². The molecule has 5 rings (SSSR count). The van der Waals surface area contributed by atoms with E-state index in [1.54, 1.807) is 0 Å². The molecule has 1 atom stereocenters. The average molecular weight is 584 g/mol. The van der Waals surface area contributed by atoms with E-state index in [0.717, 1.165) is 24.9 Å². The Morgan fingerprint density at radius 2 is 1.74 bits per heavy atom. The fourth-order valence-corrected chi connectivity index (χ4v) is 5.74. The molecule has 1 fully saturated rings. The van der Waals surface area contributed by atoms with Crippen LogP contribution in [-0.4, -0.2) is 21.8 Å². The molecule has 1 amide bonds. The number of nitrogens with zero attached hydrogens (tertiary/aromatic N) is 2. The molecular formula is C26H18FIN2O3S. The first-order chi connectivity index (χ1) is 16.2. The maximum Gasteiger partial charge on any atom is 0.301 e. The first-order valence-corrected chi connectivity index (χ1v) is 12.3. The first kappa shape index (κ1) is 22.7. The van der Waals surface area contributed by atoms with Crippen LogP contribution >= 0.6 is 33.9 Å². The van der Waals surface area contributed by atoms with Crippen LogP contribution in [-0.2, 0) is 9.59 Å². The minimum absolute atomic E-state index is 0.0509. The highest BCUT2D eigenvalue weighted by Gasteiger charge is 2.48. The second kappa shape index (κ2) is 8.59. The number of aryl methyl sites for hydroxylation is 2. The van der Waals surface area contributed by atoms with Gasteiger partial charge in [-0.15, -0.1) is 0 Å². The summed E-state index contributed by atoms with van der Waals surface area (Å²) in [4.78, 5) is 32.6. The Balaban J connectivity index is 1.74. The van der Waals surface area contributed by atoms with Crippen LogP contribution in [0.5, 0.6) is 0 Å². The number of hydrogen-bond donors (Lipinski definition) is 1. The number of halogens is 2. The summed E-state index contributed by atoms with van der Waals surface area (Å²) in [5.74, 6) is -2.39. The number of aliphatic hydroxyl groups excluding tert-OH is 1. The zero-order valence-electron chi connectivity index (χ0n) is 18.2. The summed E-state index contributed by atoms with van der Waals surface area (Å²) in [6, 6.07) is 15.7. The van der Waals surface area contributed by atoms with Gasteiger partial charge < -0.3 is 5.11 Å². The summed E-state index contributed by atoms with van der Waals surface area (Å²) in [6.45, 7) is 3.95. The molecule has 0 aliphatic carbocycles. The molecule has 8 heteroatoms. The van der Waals surface area contributed by atoms with Gasteiger partial charge in [0.15, 0.2) is 5.13 Å². The van der Waals surface area contributed by atoms with Crippen molar-refractivity contribution in [3.05, 3.63) is 97.9 Å². The van der Waals surface area contributed by atoms with E-state index in [1.807, 2.05) is 50.2 Å². The van der Waals surface area contributed by atoms with Crippen molar-refractivity contribution in [2.75, 3.05) is 4.90 Å². The highest BCUT2D eigenvalue weighted by atomic mass is 127. The van der Waals surface area contributed by atoms with Crippen LogP contribution in [0, 0.1) is 23.2 Å². The van der Waals surface area contributed by atoms with Crippen LogP contribution in [0.15, 0.2) is 66.2 Å². The molecule has 0 spiro atoms. The normalized spacial score (nSPS) is 17.6. The van der Waals surface area contributed by atoms with Crippen LogP contribution < -0.4 is 4.90 Å². The van der Waals surface area contributed by atoms with Crippen molar-refractivity contribution in [1.82, 2.24) is 4.98 Å². The maximum absolute atomic E-state index is 13.5. The molecule has 1 aliphatic rings. The molecule has 0 radical (unpaired) electrons. The standard InChI is InChI=1S/C26H18FIN2O3S/c1-13-11-14(2)21-19(12-13)34-26(29-21)30-22(15-5-9-18(28)10-6-15)20(24(32)25(30)33)23(31)16-3-7-17(27)8-4-16/h3-12,22,31H,1-2H3/b23-20+. The molecule has 4 aromatic rings. The lowest BCUT2D eigenvalue weighted by atomic mass is 9.95. The Labute approximate surface area is 212 Å². The Morgan fingerprint density at radius 3 is 2.41 bits per heavy atom. The van der Waals surface area contributed by atoms with E-state index in [9.17, 15) is 19.1 Å². The van der Waals surface area contributed by atoms with Crippen molar-refractivity contribution in [3.63, 3.8) is 0 Å². The Morgan fingerprint density at radius 1 is 1.06 bits per heavy atom. The number of aromatic nitrogens is 1. The highest BCUT2D eigenvalue weighted by molar-refractivity contribution is 14.1. The fraction of sp³-hybridized carbons (Fsp3) is 0.115. The minimum Gasteiger partial charge on any atom is -0.507 e. The van der Waals surface area contributed by atoms with E-state index in [1.165, 1.54) is 40.5 Å². The third-order valence-electron chi connectivity index (χ3n) is 5.77. The van der Waals surface area contributed by atoms with Gasteiger partial charge in [0.25, 0.3) is 5.78 Å². The summed E-state index contributed by atoms with van der Waals surface area (Å²) >= 11 is 3.51. The van der Waals surface area contributed by atoms with Gasteiger partial charge in [0.1, 0.15) is 11.6 Å². The molecule has 1 N–H and O–H groups in total. The van der Waals surface area contributed by atoms with Crippen LogP contribution in [0.1, 0.15) is 28.3 Å². The number of thiazole rings is 1. The number of carbonyl (C=O) groups excluding carboxylic acids is 2. The van der Waals surface area contributed by atoms with Crippen LogP contribution in [0.25, 0.3) is 16.0 Å². The third kappa shape index (κ3) is 3.80. The molecule has 0 bridgehead atoms. The molecule has 3 aromatic carbocycles. The van der Waals surface area contributed by atoms with E-state index in [4.69, 9.17) is 4.98 Å². The van der Waals surface area contributed by atoms with Crippen molar-refractivity contribution in [1.29, 1.82) is 0 Å². The molecule has 1 aromatic heterocycles. The molecule has 34 heavy (non-hydrogen) atoms. The lowest BCUT2D eigenvalue weighted by Crippen LogP contribution is -2.29. The fourth-order valence-electron chi connectivity index (χ4n) is 4.22. The van der Waals surface area contributed by atoms with E-state index in [-0.39, 0.29) is 16.9 Å². The van der Waals surface area contributed by atoms with Crippen molar-refractivity contribution in [3.8, 4) is 0 Å². The summed E-state index contributed by atoms with van der Waals surface area (Å²) in [6.07, 6.45) is 0. The Hall–Kier alpha value is -3.11. The van der Waals surface area contributed by atoms with Crippen molar-refractivity contribution in [2.45, 2.75) is 19.9 Å². The SMILES string of the molecule is Cc1cc(C)c2nc(N3C(=O)C(=O)/C(=C(/O)c4ccc(F)cc4)C3c3ccc(I)cc3)sc2c1. The monoisotopic (exact) mass is 584 g/mol. The van der Waals surface area contributed by atoms with Gasteiger partial charge >= 0.3 is 5.91 Å². The minimum atomic E-state index is -0.871. The van der Waals surface area contributed by atoms with Crippen molar-refractivity contribution >= 4 is 66.7 Å². The van der Waals surface area contributed by atoms with Gasteiger partial charge in [0.2, 0.25) is 0 Å². The molecular weight excluding hydrogens is 566 g/mol. The second-order valence-corrected chi connectivity index (χ2v) is 10.4. The number of hydrogen-bond acceptors (Lipinski definition) is 5. The lowest BCUT2D eigenvalue weighted by molar-refractivity contribution is -0.132. The summed E-state index contributed by atoms with van der Waals surface area (Å²) < 4.78 is 15.4. The third-order valence-corrected chi connectivity index (χ3v) is 7.49. The summed E-state index contributed by atoms with van der Waals surface area (Å²) in [7, 11) is 0. The number of benzene rings is 3. The Kier molecular flexibility index (Phi) is 5.73. The van der Waals surface area contributed by atoms with Gasteiger partial charge in [-0.2, -0.15) is 0 Å². The molecule has 1 unspecified atom stereocenters. The Bertz CT molecular complexity index is 1490. The number of amides is 1. The van der Waals surface area contributed by atoms with Crippen LogP contribution in [0.3, 0.4) is 0 Å². The predicted molar refractivity (Wildman–Crippen MR) is 139 cm³/mol. The summed E-state index contributed by atoms with van der Waals surface area (Å²) in [5, 5.41) is 11.5. The number of aliphatic hydroxyl groups is 1. The van der Waals surface area contributed by atoms with E-state index in [2.05, 4.69) is 22.6 Å². The number of ketones is 1. The number of rotatable bonds is 3. The molecule has 0 saturated carbocycles. The topological polar surface area (TPSA) is 70.5 Å². The maximum atomic E-state index is 13.5. The smallest absolute Gasteiger partial charge is 0.301 e. The largest absolute Gasteiger partial charge is 0.507 e. The highest BCUT2D eigenvalue weighted by Crippen LogP contribution is 2.44.